The van der Waals surface area contributed by atoms with Crippen molar-refractivity contribution in [2.45, 2.75) is 51.0 Å². The molecule has 2 aliphatic carbocycles. The number of fused-ring (bicyclic) bond motifs is 1. The van der Waals surface area contributed by atoms with Crippen molar-refractivity contribution < 1.29 is 9.59 Å². The maximum absolute atomic E-state index is 12.2. The summed E-state index contributed by atoms with van der Waals surface area (Å²) < 4.78 is 0. The maximum atomic E-state index is 12.2. The van der Waals surface area contributed by atoms with E-state index in [9.17, 15) is 9.59 Å². The molecule has 0 spiro atoms. The first-order chi connectivity index (χ1) is 8.68. The van der Waals surface area contributed by atoms with Gasteiger partial charge in [0.1, 0.15) is 0 Å². The normalized spacial score (nSPS) is 39.7. The lowest BCUT2D eigenvalue weighted by molar-refractivity contribution is -0.140. The minimum atomic E-state index is 0.00903. The van der Waals surface area contributed by atoms with Crippen LogP contribution in [0.4, 0.5) is 0 Å². The molecule has 1 heterocycles. The van der Waals surface area contributed by atoms with Crippen LogP contribution in [-0.4, -0.2) is 29.3 Å². The molecule has 2 amide bonds. The van der Waals surface area contributed by atoms with Gasteiger partial charge in [0.05, 0.1) is 11.8 Å². The summed E-state index contributed by atoms with van der Waals surface area (Å²) in [5.41, 5.74) is 6.04. The molecule has 2 N–H and O–H groups in total. The third-order valence-electron chi connectivity index (χ3n) is 5.12. The smallest absolute Gasteiger partial charge is 0.233 e. The largest absolute Gasteiger partial charge is 0.327 e. The van der Waals surface area contributed by atoms with Gasteiger partial charge < -0.3 is 5.73 Å². The van der Waals surface area contributed by atoms with Crippen LogP contribution in [0.1, 0.15) is 44.9 Å². The number of hydrogen-bond donors (Lipinski definition) is 1. The summed E-state index contributed by atoms with van der Waals surface area (Å²) in [6.07, 6.45) is 7.20. The van der Waals surface area contributed by atoms with Crippen LogP contribution in [0.25, 0.3) is 0 Å². The summed E-state index contributed by atoms with van der Waals surface area (Å²) in [4.78, 5) is 25.8. The van der Waals surface area contributed by atoms with Gasteiger partial charge in [-0.15, -0.1) is 0 Å². The van der Waals surface area contributed by atoms with Gasteiger partial charge in [0.2, 0.25) is 11.8 Å². The minimum Gasteiger partial charge on any atom is -0.327 e. The molecule has 3 aliphatic rings. The molecule has 18 heavy (non-hydrogen) atoms. The first-order valence-corrected chi connectivity index (χ1v) is 7.29. The number of amides is 2. The van der Waals surface area contributed by atoms with Gasteiger partial charge in [0.25, 0.3) is 0 Å². The van der Waals surface area contributed by atoms with Crippen molar-refractivity contribution in [1.82, 2.24) is 4.90 Å². The van der Waals surface area contributed by atoms with E-state index in [1.165, 1.54) is 11.3 Å². The van der Waals surface area contributed by atoms with Gasteiger partial charge in [-0.25, -0.2) is 0 Å². The summed E-state index contributed by atoms with van der Waals surface area (Å²) in [6, 6.07) is 0.275. The SMILES string of the molecule is NC1CCCC1CCN1C(=O)C2CCCC2C1=O. The molecule has 4 nitrogen and oxygen atoms in total. The molecule has 1 saturated heterocycles. The minimum absolute atomic E-state index is 0.00903. The van der Waals surface area contributed by atoms with Crippen LogP contribution in [0, 0.1) is 17.8 Å². The van der Waals surface area contributed by atoms with Gasteiger partial charge >= 0.3 is 0 Å². The van der Waals surface area contributed by atoms with E-state index >= 15 is 0 Å². The highest BCUT2D eigenvalue weighted by molar-refractivity contribution is 6.05. The van der Waals surface area contributed by atoms with Crippen LogP contribution in [0.2, 0.25) is 0 Å². The van der Waals surface area contributed by atoms with Gasteiger partial charge in [0.15, 0.2) is 0 Å². The van der Waals surface area contributed by atoms with Crippen molar-refractivity contribution in [2.24, 2.45) is 23.5 Å². The second-order valence-electron chi connectivity index (χ2n) is 6.12. The fourth-order valence-corrected chi connectivity index (χ4v) is 4.00. The Balaban J connectivity index is 1.60. The van der Waals surface area contributed by atoms with Crippen LogP contribution in [0.15, 0.2) is 0 Å². The molecule has 2 saturated carbocycles. The van der Waals surface area contributed by atoms with Crippen LogP contribution < -0.4 is 5.73 Å². The Kier molecular flexibility index (Phi) is 3.14. The lowest BCUT2D eigenvalue weighted by Gasteiger charge is -2.20. The first kappa shape index (κ1) is 12.2. The molecule has 0 radical (unpaired) electrons. The number of imide groups is 1. The predicted molar refractivity (Wildman–Crippen MR) is 67.5 cm³/mol. The molecule has 4 heteroatoms. The molecule has 100 valence electrons. The Labute approximate surface area is 108 Å². The summed E-state index contributed by atoms with van der Waals surface area (Å²) in [7, 11) is 0. The maximum Gasteiger partial charge on any atom is 0.233 e. The Morgan fingerprint density at radius 1 is 1.00 bits per heavy atom. The van der Waals surface area contributed by atoms with E-state index in [1.54, 1.807) is 0 Å². The van der Waals surface area contributed by atoms with Crippen molar-refractivity contribution in [3.63, 3.8) is 0 Å². The fourth-order valence-electron chi connectivity index (χ4n) is 4.00. The Hall–Kier alpha value is -0.900. The van der Waals surface area contributed by atoms with Crippen LogP contribution in [0.5, 0.6) is 0 Å². The van der Waals surface area contributed by atoms with E-state index in [1.807, 2.05) is 0 Å². The zero-order valence-electron chi connectivity index (χ0n) is 10.8. The molecule has 0 aromatic heterocycles. The second-order valence-corrected chi connectivity index (χ2v) is 6.12. The highest BCUT2D eigenvalue weighted by Gasteiger charge is 2.49. The number of nitrogens with zero attached hydrogens (tertiary/aromatic N) is 1. The average molecular weight is 250 g/mol. The number of nitrogens with two attached hydrogens (primary N) is 1. The molecule has 0 aromatic carbocycles. The Morgan fingerprint density at radius 3 is 2.17 bits per heavy atom. The van der Waals surface area contributed by atoms with Crippen LogP contribution in [0.3, 0.4) is 0 Å². The summed E-state index contributed by atoms with van der Waals surface area (Å²) >= 11 is 0. The number of carbonyl (C=O) groups is 2. The number of likely N-dealkylation sites (tertiary alicyclic amines) is 1. The Bertz CT molecular complexity index is 347. The van der Waals surface area contributed by atoms with E-state index in [0.717, 1.165) is 38.5 Å². The van der Waals surface area contributed by atoms with Gasteiger partial charge in [-0.2, -0.15) is 0 Å². The predicted octanol–water partition coefficient (Wildman–Crippen LogP) is 1.29. The first-order valence-electron chi connectivity index (χ1n) is 7.29. The quantitative estimate of drug-likeness (QED) is 0.768. The van der Waals surface area contributed by atoms with Crippen LogP contribution in [-0.2, 0) is 9.59 Å². The van der Waals surface area contributed by atoms with Crippen molar-refractivity contribution in [1.29, 1.82) is 0 Å². The van der Waals surface area contributed by atoms with E-state index in [0.29, 0.717) is 12.5 Å². The molecule has 4 unspecified atom stereocenters. The molecular weight excluding hydrogens is 228 g/mol. The van der Waals surface area contributed by atoms with Crippen molar-refractivity contribution in [3.8, 4) is 0 Å². The summed E-state index contributed by atoms with van der Waals surface area (Å²) in [6.45, 7) is 0.600. The molecule has 0 aromatic rings. The topological polar surface area (TPSA) is 63.4 Å². The van der Waals surface area contributed by atoms with Gasteiger partial charge in [0, 0.05) is 12.6 Å². The van der Waals surface area contributed by atoms with Crippen molar-refractivity contribution >= 4 is 11.8 Å². The average Bonchev–Trinajstić information content (AvgIpc) is 3.01. The third-order valence-corrected chi connectivity index (χ3v) is 5.12. The summed E-state index contributed by atoms with van der Waals surface area (Å²) in [5, 5.41) is 0. The molecular formula is C14H22N2O2. The second kappa shape index (κ2) is 4.65. The standard InChI is InChI=1S/C14H22N2O2/c15-12-6-1-3-9(12)7-8-16-13(17)10-4-2-5-11(10)14(16)18/h9-12H,1-8,15H2. The van der Waals surface area contributed by atoms with E-state index in [-0.39, 0.29) is 29.7 Å². The molecule has 4 atom stereocenters. The van der Waals surface area contributed by atoms with E-state index in [2.05, 4.69) is 0 Å². The van der Waals surface area contributed by atoms with Gasteiger partial charge in [-0.1, -0.05) is 12.8 Å². The molecule has 3 fully saturated rings. The third kappa shape index (κ3) is 1.87. The highest BCUT2D eigenvalue weighted by Crippen LogP contribution is 2.40. The number of carbonyl (C=O) groups excluding carboxylic acids is 2. The van der Waals surface area contributed by atoms with E-state index < -0.39 is 0 Å². The van der Waals surface area contributed by atoms with Gasteiger partial charge in [-0.3, -0.25) is 14.5 Å². The fraction of sp³-hybridized carbons (Fsp3) is 0.857. The van der Waals surface area contributed by atoms with Gasteiger partial charge in [-0.05, 0) is 38.0 Å². The Morgan fingerprint density at radius 2 is 1.61 bits per heavy atom. The monoisotopic (exact) mass is 250 g/mol. The molecule has 1 aliphatic heterocycles. The summed E-state index contributed by atoms with van der Waals surface area (Å²) in [5.74, 6) is 0.707. The number of rotatable bonds is 3. The number of hydrogen-bond acceptors (Lipinski definition) is 3. The van der Waals surface area contributed by atoms with Crippen LogP contribution >= 0.6 is 0 Å². The van der Waals surface area contributed by atoms with E-state index in [4.69, 9.17) is 5.73 Å². The molecule has 3 rings (SSSR count). The zero-order valence-corrected chi connectivity index (χ0v) is 10.8. The lowest BCUT2D eigenvalue weighted by Crippen LogP contribution is -2.35. The lowest BCUT2D eigenvalue weighted by atomic mass is 10.00. The highest BCUT2D eigenvalue weighted by atomic mass is 16.2. The van der Waals surface area contributed by atoms with Crippen molar-refractivity contribution in [3.05, 3.63) is 0 Å². The zero-order chi connectivity index (χ0) is 12.7. The molecule has 0 bridgehead atoms. The van der Waals surface area contributed by atoms with Crippen molar-refractivity contribution in [2.75, 3.05) is 6.54 Å².